The van der Waals surface area contributed by atoms with Crippen molar-refractivity contribution in [2.24, 2.45) is 0 Å². The van der Waals surface area contributed by atoms with Gasteiger partial charge in [-0.05, 0) is 46.2 Å². The van der Waals surface area contributed by atoms with Crippen LogP contribution in [0.4, 0.5) is 5.69 Å². The Morgan fingerprint density at radius 3 is 2.45 bits per heavy atom. The largest absolute Gasteiger partial charge is 0.490 e. The van der Waals surface area contributed by atoms with Gasteiger partial charge in [-0.3, -0.25) is 19.7 Å². The van der Waals surface area contributed by atoms with E-state index in [0.29, 0.717) is 0 Å². The number of hydrogen-bond donors (Lipinski definition) is 1. The second-order valence-corrected chi connectivity index (χ2v) is 8.81. The molecule has 0 unspecified atom stereocenters. The number of carbonyl (C=O) groups excluding carboxylic acids is 2. The Balaban J connectivity index is 2.22. The van der Waals surface area contributed by atoms with Gasteiger partial charge in [0.1, 0.15) is 11.8 Å². The lowest BCUT2D eigenvalue weighted by atomic mass is 10.1. The Morgan fingerprint density at radius 1 is 1.18 bits per heavy atom. The number of aryl methyl sites for hydroxylation is 1. The minimum absolute atomic E-state index is 0.0273. The van der Waals surface area contributed by atoms with E-state index in [1.165, 1.54) is 30.2 Å². The molecule has 2 rings (SSSR count). The number of amides is 2. The molecule has 0 aliphatic rings. The van der Waals surface area contributed by atoms with Crippen LogP contribution in [-0.4, -0.2) is 46.9 Å². The van der Waals surface area contributed by atoms with Crippen molar-refractivity contribution in [2.45, 2.75) is 52.7 Å². The SMILES string of the molecule is COc1cc(OCC(=O)N(Cc2cccc(C)c2)[C@H](C)C(=O)NC(C)(C)C)ccc1[N+](=O)[O-]. The quantitative estimate of drug-likeness (QED) is 0.455. The van der Waals surface area contributed by atoms with Crippen LogP contribution in [0.5, 0.6) is 11.5 Å². The lowest BCUT2D eigenvalue weighted by Crippen LogP contribution is -2.53. The molecule has 33 heavy (non-hydrogen) atoms. The first-order valence-corrected chi connectivity index (χ1v) is 10.5. The number of rotatable bonds is 9. The summed E-state index contributed by atoms with van der Waals surface area (Å²) in [5, 5.41) is 14.0. The highest BCUT2D eigenvalue weighted by molar-refractivity contribution is 5.88. The average molecular weight is 458 g/mol. The van der Waals surface area contributed by atoms with Gasteiger partial charge in [0.25, 0.3) is 5.91 Å². The number of ether oxygens (including phenoxy) is 2. The van der Waals surface area contributed by atoms with Crippen LogP contribution in [0.3, 0.4) is 0 Å². The van der Waals surface area contributed by atoms with Gasteiger partial charge in [-0.1, -0.05) is 29.8 Å². The number of carbonyl (C=O) groups is 2. The molecule has 0 saturated heterocycles. The summed E-state index contributed by atoms with van der Waals surface area (Å²) in [6.07, 6.45) is 0. The highest BCUT2D eigenvalue weighted by Crippen LogP contribution is 2.30. The zero-order valence-corrected chi connectivity index (χ0v) is 19.9. The van der Waals surface area contributed by atoms with E-state index in [1.54, 1.807) is 6.92 Å². The highest BCUT2D eigenvalue weighted by atomic mass is 16.6. The third-order valence-corrected chi connectivity index (χ3v) is 4.81. The fourth-order valence-corrected chi connectivity index (χ4v) is 3.19. The van der Waals surface area contributed by atoms with Crippen LogP contribution in [0.2, 0.25) is 0 Å². The smallest absolute Gasteiger partial charge is 0.311 e. The van der Waals surface area contributed by atoms with Crippen LogP contribution in [-0.2, 0) is 16.1 Å². The first kappa shape index (κ1) is 25.6. The summed E-state index contributed by atoms with van der Waals surface area (Å²) in [4.78, 5) is 37.9. The number of benzene rings is 2. The van der Waals surface area contributed by atoms with E-state index >= 15 is 0 Å². The van der Waals surface area contributed by atoms with Gasteiger partial charge in [-0.15, -0.1) is 0 Å². The Bertz CT molecular complexity index is 1020. The van der Waals surface area contributed by atoms with Crippen LogP contribution in [0.15, 0.2) is 42.5 Å². The van der Waals surface area contributed by atoms with Crippen LogP contribution < -0.4 is 14.8 Å². The number of nitro benzene ring substituents is 1. The number of nitrogens with one attached hydrogen (secondary N) is 1. The van der Waals surface area contributed by atoms with Gasteiger partial charge in [0.15, 0.2) is 6.61 Å². The number of nitro groups is 1. The van der Waals surface area contributed by atoms with Crippen molar-refractivity contribution in [3.05, 3.63) is 63.7 Å². The molecule has 0 bridgehead atoms. The van der Waals surface area contributed by atoms with Crippen molar-refractivity contribution >= 4 is 17.5 Å². The summed E-state index contributed by atoms with van der Waals surface area (Å²) in [5.41, 5.74) is 1.27. The first-order chi connectivity index (χ1) is 15.4. The predicted molar refractivity (Wildman–Crippen MR) is 124 cm³/mol. The molecule has 9 heteroatoms. The zero-order valence-electron chi connectivity index (χ0n) is 19.9. The van der Waals surface area contributed by atoms with Crippen molar-refractivity contribution in [3.8, 4) is 11.5 Å². The van der Waals surface area contributed by atoms with Crippen molar-refractivity contribution in [1.29, 1.82) is 0 Å². The predicted octanol–water partition coefficient (Wildman–Crippen LogP) is 3.62. The van der Waals surface area contributed by atoms with Crippen LogP contribution in [0.1, 0.15) is 38.8 Å². The normalized spacial score (nSPS) is 11.9. The maximum Gasteiger partial charge on any atom is 0.311 e. The van der Waals surface area contributed by atoms with Crippen LogP contribution in [0, 0.1) is 17.0 Å². The molecule has 1 atom stereocenters. The van der Waals surface area contributed by atoms with Gasteiger partial charge in [0, 0.05) is 24.2 Å². The molecule has 178 valence electrons. The van der Waals surface area contributed by atoms with E-state index in [9.17, 15) is 19.7 Å². The molecule has 2 aromatic carbocycles. The van der Waals surface area contributed by atoms with Gasteiger partial charge in [-0.2, -0.15) is 0 Å². The molecule has 0 saturated carbocycles. The van der Waals surface area contributed by atoms with Gasteiger partial charge >= 0.3 is 5.69 Å². The molecule has 0 aromatic heterocycles. The Morgan fingerprint density at radius 2 is 1.88 bits per heavy atom. The molecule has 0 aliphatic heterocycles. The van der Waals surface area contributed by atoms with E-state index in [4.69, 9.17) is 9.47 Å². The van der Waals surface area contributed by atoms with Crippen molar-refractivity contribution in [1.82, 2.24) is 10.2 Å². The molecule has 0 spiro atoms. The molecule has 2 amide bonds. The monoisotopic (exact) mass is 457 g/mol. The standard InChI is InChI=1S/C24H31N3O6/c1-16-8-7-9-18(12-16)14-26(17(2)23(29)25-24(3,4)5)22(28)15-33-19-10-11-20(27(30)31)21(13-19)32-6/h7-13,17H,14-15H2,1-6H3,(H,25,29)/t17-/m1/s1. The van der Waals surface area contributed by atoms with E-state index in [1.807, 2.05) is 52.0 Å². The highest BCUT2D eigenvalue weighted by Gasteiger charge is 2.29. The van der Waals surface area contributed by atoms with E-state index in [-0.39, 0.29) is 36.2 Å². The molecule has 0 fully saturated rings. The van der Waals surface area contributed by atoms with Crippen LogP contribution >= 0.6 is 0 Å². The minimum atomic E-state index is -0.743. The minimum Gasteiger partial charge on any atom is -0.490 e. The van der Waals surface area contributed by atoms with Crippen LogP contribution in [0.25, 0.3) is 0 Å². The van der Waals surface area contributed by atoms with Crippen molar-refractivity contribution in [2.75, 3.05) is 13.7 Å². The molecule has 0 radical (unpaired) electrons. The van der Waals surface area contributed by atoms with Gasteiger partial charge < -0.3 is 19.7 Å². The maximum atomic E-state index is 13.1. The van der Waals surface area contributed by atoms with Crippen molar-refractivity contribution in [3.63, 3.8) is 0 Å². The summed E-state index contributed by atoms with van der Waals surface area (Å²) in [5.74, 6) is -0.404. The molecular weight excluding hydrogens is 426 g/mol. The number of methoxy groups -OCH3 is 1. The molecule has 9 nitrogen and oxygen atoms in total. The Labute approximate surface area is 193 Å². The Hall–Kier alpha value is -3.62. The van der Waals surface area contributed by atoms with Gasteiger partial charge in [-0.25, -0.2) is 0 Å². The Kier molecular flexibility index (Phi) is 8.39. The zero-order chi connectivity index (χ0) is 24.8. The van der Waals surface area contributed by atoms with E-state index in [2.05, 4.69) is 5.32 Å². The topological polar surface area (TPSA) is 111 Å². The average Bonchev–Trinajstić information content (AvgIpc) is 2.73. The number of nitrogens with zero attached hydrogens (tertiary/aromatic N) is 2. The second kappa shape index (κ2) is 10.8. The molecule has 2 aromatic rings. The second-order valence-electron chi connectivity index (χ2n) is 8.81. The summed E-state index contributed by atoms with van der Waals surface area (Å²) < 4.78 is 10.6. The van der Waals surface area contributed by atoms with Gasteiger partial charge in [0.05, 0.1) is 12.0 Å². The summed E-state index contributed by atoms with van der Waals surface area (Å²) in [6, 6.07) is 11.0. The summed E-state index contributed by atoms with van der Waals surface area (Å²) in [6.45, 7) is 9.12. The van der Waals surface area contributed by atoms with Crippen molar-refractivity contribution < 1.29 is 24.0 Å². The first-order valence-electron chi connectivity index (χ1n) is 10.5. The fraction of sp³-hybridized carbons (Fsp3) is 0.417. The van der Waals surface area contributed by atoms with Gasteiger partial charge in [0.2, 0.25) is 11.7 Å². The molecule has 0 heterocycles. The third-order valence-electron chi connectivity index (χ3n) is 4.81. The third kappa shape index (κ3) is 7.48. The summed E-state index contributed by atoms with van der Waals surface area (Å²) >= 11 is 0. The molecule has 1 N–H and O–H groups in total. The molecule has 0 aliphatic carbocycles. The van der Waals surface area contributed by atoms with E-state index in [0.717, 1.165) is 11.1 Å². The maximum absolute atomic E-state index is 13.1. The summed E-state index contributed by atoms with van der Waals surface area (Å²) in [7, 11) is 1.32. The number of hydrogen-bond acceptors (Lipinski definition) is 6. The van der Waals surface area contributed by atoms with E-state index < -0.39 is 22.4 Å². The fourth-order valence-electron chi connectivity index (χ4n) is 3.19. The lowest BCUT2D eigenvalue weighted by Gasteiger charge is -2.31. The molecular formula is C24H31N3O6. The lowest BCUT2D eigenvalue weighted by molar-refractivity contribution is -0.385.